The van der Waals surface area contributed by atoms with Gasteiger partial charge >= 0.3 is 0 Å². The first-order valence-electron chi connectivity index (χ1n) is 6.48. The predicted octanol–water partition coefficient (Wildman–Crippen LogP) is 3.29. The Morgan fingerprint density at radius 2 is 2.17 bits per heavy atom. The number of carbonyl (C=O) groups is 1. The van der Waals surface area contributed by atoms with Crippen LogP contribution in [0.4, 0.5) is 0 Å². The van der Waals surface area contributed by atoms with Crippen molar-refractivity contribution < 1.29 is 4.79 Å². The highest BCUT2D eigenvalue weighted by Gasteiger charge is 2.25. The minimum Gasteiger partial charge on any atom is -0.348 e. The Labute approximate surface area is 113 Å². The zero-order chi connectivity index (χ0) is 13.1. The van der Waals surface area contributed by atoms with Gasteiger partial charge in [0.15, 0.2) is 0 Å². The Hall–Kier alpha value is -1.09. The van der Waals surface area contributed by atoms with Crippen LogP contribution >= 0.6 is 11.6 Å². The Morgan fingerprint density at radius 1 is 1.39 bits per heavy atom. The van der Waals surface area contributed by atoms with Crippen molar-refractivity contribution >= 4 is 17.5 Å². The number of aromatic nitrogens is 1. The number of carbonyl (C=O) groups excluding carboxylic acids is 1. The molecule has 3 unspecified atom stereocenters. The van der Waals surface area contributed by atoms with Gasteiger partial charge in [0.1, 0.15) is 5.69 Å². The average molecular weight is 267 g/mol. The van der Waals surface area contributed by atoms with E-state index in [1.165, 1.54) is 6.42 Å². The minimum absolute atomic E-state index is 0.121. The fourth-order valence-corrected chi connectivity index (χ4v) is 2.63. The van der Waals surface area contributed by atoms with Gasteiger partial charge in [0.2, 0.25) is 0 Å². The number of hydrogen-bond acceptors (Lipinski definition) is 2. The minimum atomic E-state index is -0.121. The molecule has 0 bridgehead atoms. The quantitative estimate of drug-likeness (QED) is 0.893. The molecule has 2 rings (SSSR count). The number of halogens is 1. The summed E-state index contributed by atoms with van der Waals surface area (Å²) < 4.78 is 0. The molecule has 1 fully saturated rings. The lowest BCUT2D eigenvalue weighted by atomic mass is 9.79. The van der Waals surface area contributed by atoms with Crippen molar-refractivity contribution in [2.75, 3.05) is 0 Å². The van der Waals surface area contributed by atoms with Gasteiger partial charge < -0.3 is 5.32 Å². The molecule has 98 valence electrons. The van der Waals surface area contributed by atoms with Crippen LogP contribution in [-0.4, -0.2) is 16.9 Å². The molecular formula is C14H19ClN2O. The van der Waals surface area contributed by atoms with Gasteiger partial charge in [0, 0.05) is 17.3 Å². The van der Waals surface area contributed by atoms with Gasteiger partial charge in [-0.3, -0.25) is 9.78 Å². The number of nitrogens with one attached hydrogen (secondary N) is 1. The van der Waals surface area contributed by atoms with Gasteiger partial charge in [-0.2, -0.15) is 0 Å². The van der Waals surface area contributed by atoms with Crippen LogP contribution in [-0.2, 0) is 0 Å². The van der Waals surface area contributed by atoms with Crippen molar-refractivity contribution in [3.63, 3.8) is 0 Å². The standard InChI is InChI=1S/C14H19ClN2O/c1-9-3-4-12(7-10(9)2)17-14(18)13-8-11(15)5-6-16-13/h5-6,8-10,12H,3-4,7H2,1-2H3,(H,17,18). The number of nitrogens with zero attached hydrogens (tertiary/aromatic N) is 1. The second-order valence-corrected chi connectivity index (χ2v) is 5.73. The SMILES string of the molecule is CC1CCC(NC(=O)c2cc(Cl)ccn2)CC1C. The van der Waals surface area contributed by atoms with E-state index in [1.807, 2.05) is 0 Å². The topological polar surface area (TPSA) is 42.0 Å². The summed E-state index contributed by atoms with van der Waals surface area (Å²) >= 11 is 5.85. The highest BCUT2D eigenvalue weighted by Crippen LogP contribution is 2.29. The van der Waals surface area contributed by atoms with Crippen molar-refractivity contribution in [2.24, 2.45) is 11.8 Å². The van der Waals surface area contributed by atoms with Gasteiger partial charge in [0.05, 0.1) is 0 Å². The molecule has 1 heterocycles. The maximum atomic E-state index is 12.0. The van der Waals surface area contributed by atoms with Crippen molar-refractivity contribution in [3.05, 3.63) is 29.0 Å². The first-order chi connectivity index (χ1) is 8.56. The normalized spacial score (nSPS) is 27.8. The lowest BCUT2D eigenvalue weighted by Gasteiger charge is -2.32. The third-order valence-electron chi connectivity index (χ3n) is 3.89. The molecule has 1 N–H and O–H groups in total. The van der Waals surface area contributed by atoms with Crippen LogP contribution in [0.1, 0.15) is 43.6 Å². The van der Waals surface area contributed by atoms with E-state index in [1.54, 1.807) is 18.3 Å². The van der Waals surface area contributed by atoms with Gasteiger partial charge in [-0.15, -0.1) is 0 Å². The second kappa shape index (κ2) is 5.70. The zero-order valence-electron chi connectivity index (χ0n) is 10.8. The van der Waals surface area contributed by atoms with Gasteiger partial charge in [0.25, 0.3) is 5.91 Å². The van der Waals surface area contributed by atoms with Crippen molar-refractivity contribution in [3.8, 4) is 0 Å². The summed E-state index contributed by atoms with van der Waals surface area (Å²) in [7, 11) is 0. The third kappa shape index (κ3) is 3.22. The van der Waals surface area contributed by atoms with E-state index in [0.29, 0.717) is 16.6 Å². The molecule has 0 saturated heterocycles. The Bertz CT molecular complexity index is 436. The van der Waals surface area contributed by atoms with Crippen LogP contribution in [0.2, 0.25) is 5.02 Å². The van der Waals surface area contributed by atoms with Crippen LogP contribution in [0, 0.1) is 11.8 Å². The van der Waals surface area contributed by atoms with Crippen LogP contribution < -0.4 is 5.32 Å². The summed E-state index contributed by atoms with van der Waals surface area (Å²) in [5, 5.41) is 3.60. The van der Waals surface area contributed by atoms with E-state index in [-0.39, 0.29) is 11.9 Å². The Balaban J connectivity index is 1.96. The van der Waals surface area contributed by atoms with Crippen LogP contribution in [0.5, 0.6) is 0 Å². The summed E-state index contributed by atoms with van der Waals surface area (Å²) in [6.45, 7) is 4.53. The molecule has 4 heteroatoms. The fraction of sp³-hybridized carbons (Fsp3) is 0.571. The smallest absolute Gasteiger partial charge is 0.270 e. The summed E-state index contributed by atoms with van der Waals surface area (Å²) in [5.74, 6) is 1.29. The van der Waals surface area contributed by atoms with Crippen LogP contribution in [0.25, 0.3) is 0 Å². The molecule has 1 saturated carbocycles. The predicted molar refractivity (Wildman–Crippen MR) is 72.7 cm³/mol. The first-order valence-corrected chi connectivity index (χ1v) is 6.86. The summed E-state index contributed by atoms with van der Waals surface area (Å²) in [4.78, 5) is 16.1. The lowest BCUT2D eigenvalue weighted by molar-refractivity contribution is 0.0905. The number of amides is 1. The zero-order valence-corrected chi connectivity index (χ0v) is 11.6. The number of pyridine rings is 1. The molecule has 1 aliphatic rings. The molecule has 1 aliphatic carbocycles. The van der Waals surface area contributed by atoms with E-state index in [4.69, 9.17) is 11.6 Å². The van der Waals surface area contributed by atoms with Crippen molar-refractivity contribution in [2.45, 2.75) is 39.2 Å². The summed E-state index contributed by atoms with van der Waals surface area (Å²) in [6.07, 6.45) is 4.84. The van der Waals surface area contributed by atoms with E-state index in [0.717, 1.165) is 18.8 Å². The van der Waals surface area contributed by atoms with Gasteiger partial charge in [-0.25, -0.2) is 0 Å². The maximum Gasteiger partial charge on any atom is 0.270 e. The third-order valence-corrected chi connectivity index (χ3v) is 4.12. The Kier molecular flexibility index (Phi) is 4.23. The van der Waals surface area contributed by atoms with Gasteiger partial charge in [-0.1, -0.05) is 25.4 Å². The van der Waals surface area contributed by atoms with Crippen LogP contribution in [0.15, 0.2) is 18.3 Å². The highest BCUT2D eigenvalue weighted by atomic mass is 35.5. The van der Waals surface area contributed by atoms with Gasteiger partial charge in [-0.05, 0) is 43.2 Å². The molecule has 0 radical (unpaired) electrons. The average Bonchev–Trinajstić information content (AvgIpc) is 2.34. The second-order valence-electron chi connectivity index (χ2n) is 5.30. The molecule has 1 amide bonds. The molecular weight excluding hydrogens is 248 g/mol. The first kappa shape index (κ1) is 13.3. The number of rotatable bonds is 2. The van der Waals surface area contributed by atoms with E-state index in [2.05, 4.69) is 24.1 Å². The molecule has 3 atom stereocenters. The molecule has 3 nitrogen and oxygen atoms in total. The fourth-order valence-electron chi connectivity index (χ4n) is 2.47. The van der Waals surface area contributed by atoms with Crippen molar-refractivity contribution in [1.82, 2.24) is 10.3 Å². The highest BCUT2D eigenvalue weighted by molar-refractivity contribution is 6.30. The maximum absolute atomic E-state index is 12.0. The van der Waals surface area contributed by atoms with E-state index >= 15 is 0 Å². The summed E-state index contributed by atoms with van der Waals surface area (Å²) in [5.41, 5.74) is 0.397. The van der Waals surface area contributed by atoms with Crippen molar-refractivity contribution in [1.29, 1.82) is 0 Å². The molecule has 0 spiro atoms. The lowest BCUT2D eigenvalue weighted by Crippen LogP contribution is -2.40. The molecule has 0 aromatic carbocycles. The van der Waals surface area contributed by atoms with Crippen LogP contribution in [0.3, 0.4) is 0 Å². The van der Waals surface area contributed by atoms with E-state index < -0.39 is 0 Å². The molecule has 1 aromatic rings. The monoisotopic (exact) mass is 266 g/mol. The molecule has 0 aliphatic heterocycles. The Morgan fingerprint density at radius 3 is 2.83 bits per heavy atom. The van der Waals surface area contributed by atoms with E-state index in [9.17, 15) is 4.79 Å². The summed E-state index contributed by atoms with van der Waals surface area (Å²) in [6, 6.07) is 3.54. The number of hydrogen-bond donors (Lipinski definition) is 1. The molecule has 18 heavy (non-hydrogen) atoms. The molecule has 1 aromatic heterocycles. The largest absolute Gasteiger partial charge is 0.348 e.